The first-order chi connectivity index (χ1) is 13.5. The normalized spacial score (nSPS) is 36.4. The van der Waals surface area contributed by atoms with Gasteiger partial charge in [0.2, 0.25) is 0 Å². The molecule has 5 atom stereocenters. The van der Waals surface area contributed by atoms with Crippen molar-refractivity contribution in [3.8, 4) is 11.8 Å². The fraction of sp³-hybridized carbons (Fsp3) is 0.917. The van der Waals surface area contributed by atoms with E-state index in [9.17, 15) is 5.11 Å². The molecule has 1 spiro atoms. The third kappa shape index (κ3) is 3.74. The van der Waals surface area contributed by atoms with Gasteiger partial charge in [-0.1, -0.05) is 39.0 Å². The van der Waals surface area contributed by atoms with Gasteiger partial charge in [-0.3, -0.25) is 0 Å². The van der Waals surface area contributed by atoms with Crippen LogP contribution in [0.15, 0.2) is 0 Å². The number of fused-ring (bicyclic) bond motifs is 2. The lowest BCUT2D eigenvalue weighted by molar-refractivity contribution is -0.296. The molecule has 0 aromatic carbocycles. The molecule has 5 heteroatoms. The first-order valence-electron chi connectivity index (χ1n) is 11.7. The van der Waals surface area contributed by atoms with Gasteiger partial charge >= 0.3 is 0 Å². The second kappa shape index (κ2) is 7.34. The van der Waals surface area contributed by atoms with E-state index < -0.39 is 13.9 Å². The summed E-state index contributed by atoms with van der Waals surface area (Å²) in [5.41, 5.74) is -0.407. The van der Waals surface area contributed by atoms with Crippen molar-refractivity contribution in [2.24, 2.45) is 23.7 Å². The van der Waals surface area contributed by atoms with Crippen LogP contribution in [-0.4, -0.2) is 44.1 Å². The molecule has 4 nitrogen and oxygen atoms in total. The van der Waals surface area contributed by atoms with E-state index in [-0.39, 0.29) is 22.8 Å². The maximum Gasteiger partial charge on any atom is 0.194 e. The lowest BCUT2D eigenvalue weighted by Crippen LogP contribution is -2.60. The third-order valence-electron chi connectivity index (χ3n) is 8.67. The number of ether oxygens (including phenoxy) is 2. The van der Waals surface area contributed by atoms with Gasteiger partial charge in [0, 0.05) is 18.3 Å². The summed E-state index contributed by atoms with van der Waals surface area (Å²) in [5, 5.41) is 10.9. The highest BCUT2D eigenvalue weighted by atomic mass is 28.4. The predicted octanol–water partition coefficient (Wildman–Crippen LogP) is 4.72. The van der Waals surface area contributed by atoms with Crippen LogP contribution in [0.4, 0.5) is 0 Å². The summed E-state index contributed by atoms with van der Waals surface area (Å²) < 4.78 is 18.9. The standard InChI is InChI=1S/C24H40O4Si/c1-22(2,3)29(5,6)28-23(4,17-8-7-9-17)13-12-18-19-16-24(26-14-15-27-24)20(19)10-11-21(18)25/h17-21,25H,7-11,14-16H2,1-6H3/t18-,19-,20+,21-,23-/m1/s1. The van der Waals surface area contributed by atoms with Crippen molar-refractivity contribution in [2.45, 2.75) is 102 Å². The Morgan fingerprint density at radius 3 is 2.24 bits per heavy atom. The highest BCUT2D eigenvalue weighted by molar-refractivity contribution is 6.74. The molecule has 0 radical (unpaired) electrons. The van der Waals surface area contributed by atoms with Gasteiger partial charge in [0.15, 0.2) is 14.1 Å². The van der Waals surface area contributed by atoms with Gasteiger partial charge < -0.3 is 19.0 Å². The molecule has 3 aliphatic carbocycles. The molecule has 4 rings (SSSR count). The minimum atomic E-state index is -1.94. The van der Waals surface area contributed by atoms with Crippen molar-refractivity contribution in [1.29, 1.82) is 0 Å². The SMILES string of the molecule is CC(C)(C)[Si](C)(C)O[C@](C)(C#C[C@@H]1[C@H]2CC3(OCCO3)[C@H]2CC[C@H]1O)C1CCC1. The fourth-order valence-corrected chi connectivity index (χ4v) is 7.08. The molecule has 0 unspecified atom stereocenters. The summed E-state index contributed by atoms with van der Waals surface area (Å²) in [7, 11) is -1.94. The molecule has 1 N–H and O–H groups in total. The van der Waals surface area contributed by atoms with Gasteiger partial charge in [0.25, 0.3) is 0 Å². The summed E-state index contributed by atoms with van der Waals surface area (Å²) >= 11 is 0. The maximum absolute atomic E-state index is 10.8. The van der Waals surface area contributed by atoms with Crippen LogP contribution < -0.4 is 0 Å². The molecule has 4 aliphatic rings. The zero-order chi connectivity index (χ0) is 21.1. The van der Waals surface area contributed by atoms with Gasteiger partial charge in [-0.2, -0.15) is 0 Å². The summed E-state index contributed by atoms with van der Waals surface area (Å²) in [6, 6.07) is 0. The van der Waals surface area contributed by atoms with E-state index >= 15 is 0 Å². The molecule has 0 bridgehead atoms. The molecule has 29 heavy (non-hydrogen) atoms. The van der Waals surface area contributed by atoms with Gasteiger partial charge in [-0.15, -0.1) is 0 Å². The Bertz CT molecular complexity index is 677. The highest BCUT2D eigenvalue weighted by Gasteiger charge is 2.62. The second-order valence-corrected chi connectivity index (χ2v) is 16.2. The van der Waals surface area contributed by atoms with Crippen molar-refractivity contribution in [1.82, 2.24) is 0 Å². The zero-order valence-electron chi connectivity index (χ0n) is 19.2. The minimum Gasteiger partial charge on any atom is -0.401 e. The van der Waals surface area contributed by atoms with Crippen LogP contribution in [0.5, 0.6) is 0 Å². The van der Waals surface area contributed by atoms with Crippen LogP contribution in [0.2, 0.25) is 18.1 Å². The first-order valence-corrected chi connectivity index (χ1v) is 14.6. The van der Waals surface area contributed by atoms with E-state index in [1.54, 1.807) is 0 Å². The zero-order valence-corrected chi connectivity index (χ0v) is 20.2. The van der Waals surface area contributed by atoms with Gasteiger partial charge in [0.1, 0.15) is 5.60 Å². The van der Waals surface area contributed by atoms with Gasteiger partial charge in [-0.25, -0.2) is 0 Å². The smallest absolute Gasteiger partial charge is 0.194 e. The number of hydrogen-bond acceptors (Lipinski definition) is 4. The fourth-order valence-electron chi connectivity index (χ4n) is 5.50. The van der Waals surface area contributed by atoms with Crippen LogP contribution in [0, 0.1) is 35.5 Å². The van der Waals surface area contributed by atoms with E-state index in [0.29, 0.717) is 31.0 Å². The second-order valence-electron chi connectivity index (χ2n) is 11.5. The van der Waals surface area contributed by atoms with Crippen molar-refractivity contribution < 1.29 is 19.0 Å². The molecule has 3 saturated carbocycles. The molecular weight excluding hydrogens is 380 g/mol. The largest absolute Gasteiger partial charge is 0.401 e. The Hall–Kier alpha value is -0.383. The molecule has 1 aliphatic heterocycles. The quantitative estimate of drug-likeness (QED) is 0.530. The Morgan fingerprint density at radius 2 is 1.69 bits per heavy atom. The molecule has 164 valence electrons. The Balaban J connectivity index is 1.55. The summed E-state index contributed by atoms with van der Waals surface area (Å²) in [6.07, 6.45) is 5.96. The number of hydrogen-bond donors (Lipinski definition) is 1. The minimum absolute atomic E-state index is 0.00888. The van der Waals surface area contributed by atoms with E-state index in [0.717, 1.165) is 19.3 Å². The number of aliphatic hydroxyl groups excluding tert-OH is 1. The Labute approximate surface area is 178 Å². The lowest BCUT2D eigenvalue weighted by Gasteiger charge is -2.56. The molecular formula is C24H40O4Si. The van der Waals surface area contributed by atoms with Crippen molar-refractivity contribution in [3.63, 3.8) is 0 Å². The van der Waals surface area contributed by atoms with Crippen molar-refractivity contribution >= 4 is 8.32 Å². The first kappa shape index (κ1) is 21.8. The average molecular weight is 421 g/mol. The van der Waals surface area contributed by atoms with Crippen LogP contribution in [0.1, 0.15) is 66.2 Å². The number of rotatable bonds is 3. The van der Waals surface area contributed by atoms with Crippen molar-refractivity contribution in [2.75, 3.05) is 13.2 Å². The van der Waals surface area contributed by atoms with E-state index in [2.05, 4.69) is 52.6 Å². The Morgan fingerprint density at radius 1 is 1.03 bits per heavy atom. The average Bonchev–Trinajstić information content (AvgIpc) is 3.01. The van der Waals surface area contributed by atoms with Crippen LogP contribution in [-0.2, 0) is 13.9 Å². The Kier molecular flexibility index (Phi) is 5.53. The monoisotopic (exact) mass is 420 g/mol. The van der Waals surface area contributed by atoms with E-state index in [1.165, 1.54) is 19.3 Å². The third-order valence-corrected chi connectivity index (χ3v) is 13.2. The van der Waals surface area contributed by atoms with Crippen LogP contribution >= 0.6 is 0 Å². The molecule has 0 aromatic rings. The molecule has 1 heterocycles. The van der Waals surface area contributed by atoms with Gasteiger partial charge in [0.05, 0.1) is 19.3 Å². The molecule has 1 saturated heterocycles. The highest BCUT2D eigenvalue weighted by Crippen LogP contribution is 2.58. The molecule has 0 amide bonds. The lowest BCUT2D eigenvalue weighted by atomic mass is 9.56. The summed E-state index contributed by atoms with van der Waals surface area (Å²) in [6.45, 7) is 15.1. The maximum atomic E-state index is 10.8. The molecule has 0 aromatic heterocycles. The van der Waals surface area contributed by atoms with Crippen LogP contribution in [0.3, 0.4) is 0 Å². The number of aliphatic hydroxyl groups is 1. The summed E-state index contributed by atoms with van der Waals surface area (Å²) in [4.78, 5) is 0. The van der Waals surface area contributed by atoms with Crippen molar-refractivity contribution in [3.05, 3.63) is 0 Å². The topological polar surface area (TPSA) is 47.9 Å². The van der Waals surface area contributed by atoms with E-state index in [1.807, 2.05) is 0 Å². The predicted molar refractivity (Wildman–Crippen MR) is 117 cm³/mol. The van der Waals surface area contributed by atoms with Gasteiger partial charge in [-0.05, 0) is 62.6 Å². The van der Waals surface area contributed by atoms with Crippen LogP contribution in [0.25, 0.3) is 0 Å². The van der Waals surface area contributed by atoms with E-state index in [4.69, 9.17) is 13.9 Å². The summed E-state index contributed by atoms with van der Waals surface area (Å²) in [5.74, 6) is 8.07. The molecule has 4 fully saturated rings.